The molecule has 1 aliphatic heterocycles. The molecule has 4 heteroatoms. The molecule has 1 unspecified atom stereocenters. The number of carbonyl (C=O) groups is 1. The largest absolute Gasteiger partial charge is 0.383 e. The number of nitrogens with two attached hydrogens (primary N) is 1. The molecule has 1 amide bonds. The van der Waals surface area contributed by atoms with Crippen molar-refractivity contribution in [2.24, 2.45) is 0 Å². The average Bonchev–Trinajstić information content (AvgIpc) is 3.23. The second-order valence-corrected chi connectivity index (χ2v) is 6.53. The fraction of sp³-hybridized carbons (Fsp3) is 0.368. The van der Waals surface area contributed by atoms with Crippen LogP contribution in [-0.4, -0.2) is 28.9 Å². The number of benzene rings is 1. The van der Waals surface area contributed by atoms with Gasteiger partial charge in [-0.1, -0.05) is 30.3 Å². The number of rotatable bonds is 2. The number of amides is 1. The first-order chi connectivity index (χ1) is 11.2. The molecule has 0 saturated carbocycles. The van der Waals surface area contributed by atoms with Crippen LogP contribution in [0.15, 0.2) is 36.4 Å². The van der Waals surface area contributed by atoms with Crippen LogP contribution in [0.1, 0.15) is 45.9 Å². The van der Waals surface area contributed by atoms with Gasteiger partial charge >= 0.3 is 0 Å². The van der Waals surface area contributed by atoms with Gasteiger partial charge in [0.25, 0.3) is 5.91 Å². The third kappa shape index (κ3) is 2.58. The van der Waals surface area contributed by atoms with Crippen molar-refractivity contribution in [1.82, 2.24) is 9.88 Å². The third-order valence-corrected chi connectivity index (χ3v) is 5.06. The molecule has 23 heavy (non-hydrogen) atoms. The molecule has 0 radical (unpaired) electrons. The molecule has 2 N–H and O–H groups in total. The fourth-order valence-corrected chi connectivity index (χ4v) is 3.77. The molecule has 1 aromatic carbocycles. The van der Waals surface area contributed by atoms with Crippen molar-refractivity contribution in [2.75, 3.05) is 18.8 Å². The minimum Gasteiger partial charge on any atom is -0.383 e. The van der Waals surface area contributed by atoms with Crippen molar-refractivity contribution in [3.63, 3.8) is 0 Å². The molecule has 1 aliphatic carbocycles. The predicted molar refractivity (Wildman–Crippen MR) is 90.4 cm³/mol. The van der Waals surface area contributed by atoms with Crippen LogP contribution in [0, 0.1) is 0 Å². The summed E-state index contributed by atoms with van der Waals surface area (Å²) in [6.45, 7) is 1.55. The molecule has 1 atom stereocenters. The summed E-state index contributed by atoms with van der Waals surface area (Å²) in [4.78, 5) is 19.2. The molecule has 2 heterocycles. The van der Waals surface area contributed by atoms with Gasteiger partial charge in [0.2, 0.25) is 0 Å². The lowest BCUT2D eigenvalue weighted by atomic mass is 9.99. The van der Waals surface area contributed by atoms with Gasteiger partial charge < -0.3 is 10.6 Å². The predicted octanol–water partition coefficient (Wildman–Crippen LogP) is 2.78. The van der Waals surface area contributed by atoms with Crippen LogP contribution in [0.25, 0.3) is 0 Å². The van der Waals surface area contributed by atoms with Crippen LogP contribution in [0.2, 0.25) is 0 Å². The Balaban J connectivity index is 1.54. The van der Waals surface area contributed by atoms with Gasteiger partial charge in [-0.3, -0.25) is 4.79 Å². The number of likely N-dealkylation sites (tertiary alicyclic amines) is 1. The van der Waals surface area contributed by atoms with E-state index in [1.807, 2.05) is 17.0 Å². The van der Waals surface area contributed by atoms with E-state index in [1.165, 1.54) is 11.1 Å². The topological polar surface area (TPSA) is 59.2 Å². The zero-order chi connectivity index (χ0) is 15.8. The van der Waals surface area contributed by atoms with E-state index in [0.29, 0.717) is 17.3 Å². The second kappa shape index (κ2) is 5.69. The fourth-order valence-electron chi connectivity index (χ4n) is 3.77. The van der Waals surface area contributed by atoms with Gasteiger partial charge in [-0.15, -0.1) is 0 Å². The lowest BCUT2D eigenvalue weighted by Gasteiger charge is -2.18. The number of anilines is 1. The van der Waals surface area contributed by atoms with E-state index in [1.54, 1.807) is 0 Å². The first kappa shape index (κ1) is 14.2. The van der Waals surface area contributed by atoms with Gasteiger partial charge in [-0.2, -0.15) is 0 Å². The maximum atomic E-state index is 12.9. The summed E-state index contributed by atoms with van der Waals surface area (Å²) in [5.74, 6) is 0.839. The lowest BCUT2D eigenvalue weighted by Crippen LogP contribution is -2.29. The second-order valence-electron chi connectivity index (χ2n) is 6.53. The standard InChI is InChI=1S/C19H21N3O/c20-18-16(11-14-7-4-8-17(14)21-18)19(23)22-10-9-15(12-22)13-5-2-1-3-6-13/h1-3,5-6,11,15H,4,7-10,12H2,(H2,20,21). The molecule has 4 nitrogen and oxygen atoms in total. The lowest BCUT2D eigenvalue weighted by molar-refractivity contribution is 0.0791. The van der Waals surface area contributed by atoms with E-state index >= 15 is 0 Å². The zero-order valence-electron chi connectivity index (χ0n) is 13.2. The first-order valence-corrected chi connectivity index (χ1v) is 8.35. The Labute approximate surface area is 136 Å². The Morgan fingerprint density at radius 2 is 2.04 bits per heavy atom. The van der Waals surface area contributed by atoms with Crippen LogP contribution in [-0.2, 0) is 12.8 Å². The Morgan fingerprint density at radius 3 is 2.87 bits per heavy atom. The molecule has 118 valence electrons. The summed E-state index contributed by atoms with van der Waals surface area (Å²) in [6, 6.07) is 12.4. The SMILES string of the molecule is Nc1nc2c(cc1C(=O)N1CCC(c3ccccc3)C1)CCC2. The Bertz CT molecular complexity index is 742. The monoisotopic (exact) mass is 307 g/mol. The minimum absolute atomic E-state index is 0.0307. The summed E-state index contributed by atoms with van der Waals surface area (Å²) < 4.78 is 0. The number of nitrogen functional groups attached to an aromatic ring is 1. The normalized spacial score (nSPS) is 19.8. The number of hydrogen-bond donors (Lipinski definition) is 1. The molecular formula is C19H21N3O. The number of carbonyl (C=O) groups excluding carboxylic acids is 1. The Hall–Kier alpha value is -2.36. The molecule has 0 bridgehead atoms. The highest BCUT2D eigenvalue weighted by Gasteiger charge is 2.30. The van der Waals surface area contributed by atoms with Crippen molar-refractivity contribution in [1.29, 1.82) is 0 Å². The van der Waals surface area contributed by atoms with Crippen molar-refractivity contribution < 1.29 is 4.79 Å². The van der Waals surface area contributed by atoms with E-state index in [4.69, 9.17) is 5.73 Å². The summed E-state index contributed by atoms with van der Waals surface area (Å²) >= 11 is 0. The number of aromatic nitrogens is 1. The summed E-state index contributed by atoms with van der Waals surface area (Å²) in [7, 11) is 0. The highest BCUT2D eigenvalue weighted by Crippen LogP contribution is 2.30. The number of nitrogens with zero attached hydrogens (tertiary/aromatic N) is 2. The quantitative estimate of drug-likeness (QED) is 0.928. The molecular weight excluding hydrogens is 286 g/mol. The number of hydrogen-bond acceptors (Lipinski definition) is 3. The number of fused-ring (bicyclic) bond motifs is 1. The maximum Gasteiger partial charge on any atom is 0.257 e. The third-order valence-electron chi connectivity index (χ3n) is 5.06. The Morgan fingerprint density at radius 1 is 1.22 bits per heavy atom. The van der Waals surface area contributed by atoms with E-state index in [2.05, 4.69) is 29.2 Å². The Kier molecular flexibility index (Phi) is 3.52. The molecule has 1 fully saturated rings. The van der Waals surface area contributed by atoms with E-state index < -0.39 is 0 Å². The van der Waals surface area contributed by atoms with Crippen LogP contribution in [0.5, 0.6) is 0 Å². The van der Waals surface area contributed by atoms with E-state index in [0.717, 1.165) is 44.5 Å². The van der Waals surface area contributed by atoms with Gasteiger partial charge in [0, 0.05) is 24.7 Å². The summed E-state index contributed by atoms with van der Waals surface area (Å²) in [6.07, 6.45) is 4.11. The van der Waals surface area contributed by atoms with Crippen LogP contribution in [0.4, 0.5) is 5.82 Å². The zero-order valence-corrected chi connectivity index (χ0v) is 13.2. The molecule has 1 saturated heterocycles. The van der Waals surface area contributed by atoms with Crippen LogP contribution in [0.3, 0.4) is 0 Å². The van der Waals surface area contributed by atoms with Gasteiger partial charge in [0.1, 0.15) is 5.82 Å². The number of pyridine rings is 1. The minimum atomic E-state index is 0.0307. The highest BCUT2D eigenvalue weighted by atomic mass is 16.2. The molecule has 1 aromatic heterocycles. The highest BCUT2D eigenvalue weighted by molar-refractivity contribution is 5.98. The van der Waals surface area contributed by atoms with Crippen LogP contribution >= 0.6 is 0 Å². The van der Waals surface area contributed by atoms with E-state index in [9.17, 15) is 4.79 Å². The molecule has 2 aliphatic rings. The van der Waals surface area contributed by atoms with Crippen molar-refractivity contribution in [2.45, 2.75) is 31.6 Å². The maximum absolute atomic E-state index is 12.9. The first-order valence-electron chi connectivity index (χ1n) is 8.35. The summed E-state index contributed by atoms with van der Waals surface area (Å²) in [5.41, 5.74) is 10.2. The van der Waals surface area contributed by atoms with Gasteiger partial charge in [-0.05, 0) is 42.9 Å². The molecule has 2 aromatic rings. The van der Waals surface area contributed by atoms with Crippen molar-refractivity contribution in [3.05, 3.63) is 58.8 Å². The molecule has 4 rings (SSSR count). The average molecular weight is 307 g/mol. The van der Waals surface area contributed by atoms with Crippen LogP contribution < -0.4 is 5.73 Å². The summed E-state index contributed by atoms with van der Waals surface area (Å²) in [5, 5.41) is 0. The van der Waals surface area contributed by atoms with Gasteiger partial charge in [-0.25, -0.2) is 4.98 Å². The van der Waals surface area contributed by atoms with E-state index in [-0.39, 0.29) is 5.91 Å². The smallest absolute Gasteiger partial charge is 0.257 e. The van der Waals surface area contributed by atoms with Gasteiger partial charge in [0.05, 0.1) is 5.56 Å². The molecule has 0 spiro atoms. The number of aryl methyl sites for hydroxylation is 2. The van der Waals surface area contributed by atoms with Crippen molar-refractivity contribution in [3.8, 4) is 0 Å². The van der Waals surface area contributed by atoms with Crippen molar-refractivity contribution >= 4 is 11.7 Å². The van der Waals surface area contributed by atoms with Gasteiger partial charge in [0.15, 0.2) is 0 Å².